The summed E-state index contributed by atoms with van der Waals surface area (Å²) < 4.78 is 11.8. The number of anilines is 1. The van der Waals surface area contributed by atoms with Crippen LogP contribution >= 0.6 is 22.7 Å². The first-order valence-electron chi connectivity index (χ1n) is 21.5. The van der Waals surface area contributed by atoms with Gasteiger partial charge in [0.15, 0.2) is 5.76 Å². The molecule has 7 heterocycles. The lowest BCUT2D eigenvalue weighted by Crippen LogP contribution is -2.48. The molecule has 4 atom stereocenters. The first kappa shape index (κ1) is 43.0. The Morgan fingerprint density at radius 1 is 0.969 bits per heavy atom. The molecule has 2 aromatic carbocycles. The van der Waals surface area contributed by atoms with E-state index in [1.54, 1.807) is 53.1 Å². The van der Waals surface area contributed by atoms with E-state index in [1.807, 2.05) is 75.7 Å². The van der Waals surface area contributed by atoms with Crippen LogP contribution in [-0.4, -0.2) is 89.0 Å². The highest BCUT2D eigenvalue weighted by Gasteiger charge is 2.43. The Balaban J connectivity index is 0.828. The molecule has 2 amide bonds. The number of ether oxygens (including phenoxy) is 1. The normalized spacial score (nSPS) is 17.9. The zero-order valence-electron chi connectivity index (χ0n) is 36.1. The SMILES string of the molecule is Cc1ncsc1-c1ccc([C@H](C)NC(=O)[C@@H]2C[C@@H](O)CN2C(=O)[C@@H](c2cc(Oc3ccnc(N4CCC(c5sc6nnc(-c7ccccc7O)cc6c5C)CC4)n3)no2)C(C)C)cc1. The van der Waals surface area contributed by atoms with Gasteiger partial charge in [-0.2, -0.15) is 4.98 Å². The van der Waals surface area contributed by atoms with Crippen molar-refractivity contribution < 1.29 is 29.1 Å². The van der Waals surface area contributed by atoms with Crippen LogP contribution in [-0.2, 0) is 9.59 Å². The molecule has 17 heteroatoms. The summed E-state index contributed by atoms with van der Waals surface area (Å²) in [6, 6.07) is 19.2. The predicted molar refractivity (Wildman–Crippen MR) is 245 cm³/mol. The van der Waals surface area contributed by atoms with Crippen molar-refractivity contribution in [2.24, 2.45) is 5.92 Å². The van der Waals surface area contributed by atoms with Crippen LogP contribution in [0.5, 0.6) is 17.5 Å². The number of aryl methyl sites for hydroxylation is 2. The fourth-order valence-electron chi connectivity index (χ4n) is 8.82. The van der Waals surface area contributed by atoms with E-state index in [0.29, 0.717) is 23.1 Å². The van der Waals surface area contributed by atoms with Crippen LogP contribution in [0.4, 0.5) is 5.95 Å². The second-order valence-corrected chi connectivity index (χ2v) is 18.8. The Morgan fingerprint density at radius 2 is 1.75 bits per heavy atom. The molecule has 9 rings (SSSR count). The van der Waals surface area contributed by atoms with Crippen molar-refractivity contribution in [2.75, 3.05) is 24.5 Å². The minimum Gasteiger partial charge on any atom is -0.507 e. The number of rotatable bonds is 12. The Kier molecular flexibility index (Phi) is 12.1. The minimum atomic E-state index is -0.860. The van der Waals surface area contributed by atoms with E-state index in [-0.39, 0.29) is 60.0 Å². The van der Waals surface area contributed by atoms with Gasteiger partial charge in [0.2, 0.25) is 23.6 Å². The molecule has 0 unspecified atom stereocenters. The number of para-hydroxylation sites is 1. The number of phenols is 1. The van der Waals surface area contributed by atoms with Crippen LogP contribution in [0, 0.1) is 19.8 Å². The molecular formula is C47H49N9O6S2. The Morgan fingerprint density at radius 3 is 2.48 bits per heavy atom. The van der Waals surface area contributed by atoms with E-state index in [1.165, 1.54) is 15.3 Å². The molecule has 64 heavy (non-hydrogen) atoms. The number of aliphatic hydroxyl groups excluding tert-OH is 1. The second kappa shape index (κ2) is 18.1. The van der Waals surface area contributed by atoms with Gasteiger partial charge in [-0.05, 0) is 85.5 Å². The Bertz CT molecular complexity index is 2800. The number of thiophene rings is 1. The molecule has 330 valence electrons. The van der Waals surface area contributed by atoms with Crippen LogP contribution in [0.25, 0.3) is 31.9 Å². The quantitative estimate of drug-likeness (QED) is 0.106. The van der Waals surface area contributed by atoms with E-state index in [0.717, 1.165) is 57.8 Å². The standard InChI is InChI=1S/C47H49N9O6S2/c1-25(2)41(46(60)56-23-32(57)20-36(56)44(59)50-27(4)29-10-12-30(13-11-29)43-28(5)49-24-63-43)38-22-40(54-62-38)61-39-14-17-48-47(51-39)55-18-15-31(16-19-55)42-26(3)34-21-35(52-53-45(34)64-42)33-8-6-7-9-37(33)58/h6-14,17,21-22,24-25,27,31-32,36,41,57-58H,15-16,18-20,23H2,1-5H3,(H,50,59)/t27-,32+,36-,41+/m0/s1. The van der Waals surface area contributed by atoms with Crippen LogP contribution < -0.4 is 15.0 Å². The number of amides is 2. The zero-order chi connectivity index (χ0) is 44.6. The second-order valence-electron chi connectivity index (χ2n) is 16.9. The number of nitrogens with zero attached hydrogens (tertiary/aromatic N) is 8. The number of carbonyl (C=O) groups is 2. The van der Waals surface area contributed by atoms with E-state index in [9.17, 15) is 19.8 Å². The van der Waals surface area contributed by atoms with Gasteiger partial charge in [-0.15, -0.1) is 32.9 Å². The molecule has 0 radical (unpaired) electrons. The van der Waals surface area contributed by atoms with E-state index < -0.39 is 18.1 Å². The molecule has 2 aliphatic rings. The average Bonchev–Trinajstić information content (AvgIpc) is 4.11. The highest BCUT2D eigenvalue weighted by Crippen LogP contribution is 2.41. The number of piperidine rings is 1. The van der Waals surface area contributed by atoms with Crippen molar-refractivity contribution in [3.8, 4) is 39.2 Å². The minimum absolute atomic E-state index is 0.0238. The topological polar surface area (TPSA) is 193 Å². The summed E-state index contributed by atoms with van der Waals surface area (Å²) in [7, 11) is 0. The van der Waals surface area contributed by atoms with Gasteiger partial charge in [0, 0.05) is 60.2 Å². The molecule has 0 aliphatic carbocycles. The lowest BCUT2D eigenvalue weighted by molar-refractivity contribution is -0.141. The van der Waals surface area contributed by atoms with Gasteiger partial charge in [-0.25, -0.2) is 9.97 Å². The van der Waals surface area contributed by atoms with Crippen LogP contribution in [0.3, 0.4) is 0 Å². The maximum Gasteiger partial charge on any atom is 0.261 e. The summed E-state index contributed by atoms with van der Waals surface area (Å²) in [5.41, 5.74) is 7.27. The summed E-state index contributed by atoms with van der Waals surface area (Å²) in [6.07, 6.45) is 2.72. The fraction of sp³-hybridized carbons (Fsp3) is 0.362. The van der Waals surface area contributed by atoms with Crippen molar-refractivity contribution in [2.45, 2.75) is 83.9 Å². The Labute approximate surface area is 378 Å². The number of aromatic nitrogens is 6. The van der Waals surface area contributed by atoms with Gasteiger partial charge in [0.05, 0.1) is 33.9 Å². The van der Waals surface area contributed by atoms with Crippen molar-refractivity contribution in [3.05, 3.63) is 106 Å². The number of benzene rings is 2. The summed E-state index contributed by atoms with van der Waals surface area (Å²) in [5.74, 6) is 0.0600. The van der Waals surface area contributed by atoms with Gasteiger partial charge in [-0.1, -0.05) is 50.2 Å². The van der Waals surface area contributed by atoms with Gasteiger partial charge >= 0.3 is 0 Å². The largest absolute Gasteiger partial charge is 0.507 e. The molecule has 7 aromatic rings. The molecule has 3 N–H and O–H groups in total. The maximum absolute atomic E-state index is 14.3. The molecule has 5 aromatic heterocycles. The molecule has 0 saturated carbocycles. The van der Waals surface area contributed by atoms with Crippen molar-refractivity contribution in [1.82, 2.24) is 40.5 Å². The van der Waals surface area contributed by atoms with E-state index in [4.69, 9.17) is 14.2 Å². The number of aliphatic hydroxyl groups is 1. The van der Waals surface area contributed by atoms with Crippen molar-refractivity contribution in [1.29, 1.82) is 0 Å². The van der Waals surface area contributed by atoms with Crippen LogP contribution in [0.1, 0.15) is 85.4 Å². The van der Waals surface area contributed by atoms with Crippen LogP contribution in [0.2, 0.25) is 0 Å². The number of β-amino-alcohol motifs (C(OH)–C–C–N with tert-alkyl or cyclic N) is 1. The first-order valence-corrected chi connectivity index (χ1v) is 23.2. The summed E-state index contributed by atoms with van der Waals surface area (Å²) >= 11 is 3.26. The number of hydrogen-bond acceptors (Lipinski definition) is 15. The lowest BCUT2D eigenvalue weighted by atomic mass is 9.91. The molecule has 0 spiro atoms. The average molecular weight is 900 g/mol. The summed E-state index contributed by atoms with van der Waals surface area (Å²) in [5, 5.41) is 38.3. The van der Waals surface area contributed by atoms with Crippen molar-refractivity contribution in [3.63, 3.8) is 0 Å². The maximum atomic E-state index is 14.3. The third kappa shape index (κ3) is 8.66. The first-order chi connectivity index (χ1) is 30.9. The number of fused-ring (bicyclic) bond motifs is 1. The molecule has 2 aliphatic heterocycles. The highest BCUT2D eigenvalue weighted by molar-refractivity contribution is 7.19. The molecule has 2 fully saturated rings. The van der Waals surface area contributed by atoms with Gasteiger partial charge in [0.25, 0.3) is 5.88 Å². The fourth-order valence-corrected chi connectivity index (χ4v) is 10.9. The molecule has 0 bridgehead atoms. The smallest absolute Gasteiger partial charge is 0.261 e. The number of likely N-dealkylation sites (tertiary alicyclic amines) is 1. The van der Waals surface area contributed by atoms with E-state index in [2.05, 4.69) is 42.5 Å². The van der Waals surface area contributed by atoms with Gasteiger partial charge < -0.3 is 34.6 Å². The number of aromatic hydroxyl groups is 1. The third-order valence-corrected chi connectivity index (χ3v) is 14.6. The highest BCUT2D eigenvalue weighted by atomic mass is 32.1. The molecular weight excluding hydrogens is 851 g/mol. The number of thiazole rings is 1. The van der Waals surface area contributed by atoms with Gasteiger partial charge in [0.1, 0.15) is 22.5 Å². The van der Waals surface area contributed by atoms with Crippen molar-refractivity contribution >= 4 is 50.7 Å². The number of phenolic OH excluding ortho intramolecular Hbond substituents is 1. The summed E-state index contributed by atoms with van der Waals surface area (Å²) in [4.78, 5) is 48.5. The monoisotopic (exact) mass is 899 g/mol. The van der Waals surface area contributed by atoms with E-state index >= 15 is 0 Å². The predicted octanol–water partition coefficient (Wildman–Crippen LogP) is 8.34. The lowest BCUT2D eigenvalue weighted by Gasteiger charge is -2.31. The Hall–Kier alpha value is -6.30. The summed E-state index contributed by atoms with van der Waals surface area (Å²) in [6.45, 7) is 11.3. The number of hydrogen-bond donors (Lipinski definition) is 3. The molecule has 15 nitrogen and oxygen atoms in total. The number of nitrogens with one attached hydrogen (secondary N) is 1. The number of carbonyl (C=O) groups excluding carboxylic acids is 2. The zero-order valence-corrected chi connectivity index (χ0v) is 37.8. The molecule has 2 saturated heterocycles. The van der Waals surface area contributed by atoms with Gasteiger partial charge in [-0.3, -0.25) is 9.59 Å². The van der Waals surface area contributed by atoms with Crippen LogP contribution in [0.15, 0.2) is 83.0 Å². The third-order valence-electron chi connectivity index (χ3n) is 12.3.